The number of ether oxygens (including phenoxy) is 15. The minimum atomic E-state index is -2.40. The van der Waals surface area contributed by atoms with Gasteiger partial charge in [-0.05, 0) is 6.92 Å². The van der Waals surface area contributed by atoms with E-state index < -0.39 is 304 Å². The maximum Gasteiger partial charge on any atom is 0.217 e. The summed E-state index contributed by atoms with van der Waals surface area (Å²) in [5.74, 6) is -1.74. The molecule has 2 amide bonds. The Morgan fingerprint density at radius 1 is 0.298 bits per heavy atom. The number of hydrogen-bond acceptors (Lipinski definition) is 40. The molecule has 0 aromatic heterocycles. The van der Waals surface area contributed by atoms with Crippen LogP contribution in [0.2, 0.25) is 0 Å². The van der Waals surface area contributed by atoms with Crippen molar-refractivity contribution in [1.29, 1.82) is 0 Å². The Morgan fingerprint density at radius 3 is 1.07 bits per heavy atom. The van der Waals surface area contributed by atoms with E-state index in [1.165, 1.54) is 6.92 Å². The first-order valence-electron chi connectivity index (χ1n) is 30.0. The van der Waals surface area contributed by atoms with Crippen molar-refractivity contribution in [2.24, 2.45) is 0 Å². The van der Waals surface area contributed by atoms with Gasteiger partial charge in [0, 0.05) is 13.8 Å². The Hall–Kier alpha value is -2.58. The summed E-state index contributed by atoms with van der Waals surface area (Å²) < 4.78 is 87.0. The Bertz CT molecular complexity index is 2360. The Morgan fingerprint density at radius 2 is 0.617 bits per heavy atom. The van der Waals surface area contributed by atoms with Gasteiger partial charge >= 0.3 is 0 Å². The van der Waals surface area contributed by atoms with Crippen LogP contribution >= 0.6 is 0 Å². The van der Waals surface area contributed by atoms with Gasteiger partial charge < -0.3 is 199 Å². The molecule has 40 atom stereocenters. The molecule has 0 aromatic rings. The highest BCUT2D eigenvalue weighted by atomic mass is 16.8. The lowest BCUT2D eigenvalue weighted by molar-refractivity contribution is -0.389. The van der Waals surface area contributed by atoms with Crippen LogP contribution in [0.4, 0.5) is 0 Å². The molecule has 0 aromatic carbocycles. The third-order valence-electron chi connectivity index (χ3n) is 17.4. The molecule has 25 N–H and O–H groups in total. The van der Waals surface area contributed by atoms with Crippen LogP contribution in [0.1, 0.15) is 20.8 Å². The van der Waals surface area contributed by atoms with Gasteiger partial charge in [0.05, 0.1) is 52.4 Å². The Balaban J connectivity index is 1.09. The van der Waals surface area contributed by atoms with Crippen LogP contribution in [0.3, 0.4) is 0 Å². The first-order chi connectivity index (χ1) is 44.4. The quantitative estimate of drug-likeness (QED) is 0.0452. The van der Waals surface area contributed by atoms with Crippen molar-refractivity contribution in [3.63, 3.8) is 0 Å². The van der Waals surface area contributed by atoms with Crippen molar-refractivity contribution in [2.75, 3.05) is 46.2 Å². The van der Waals surface area contributed by atoms with Crippen molar-refractivity contribution < 1.29 is 198 Å². The van der Waals surface area contributed by atoms with E-state index in [4.69, 9.17) is 71.1 Å². The van der Waals surface area contributed by atoms with Crippen LogP contribution in [-0.4, -0.2) is 421 Å². The predicted octanol–water partition coefficient (Wildman–Crippen LogP) is -17.1. The molecule has 8 saturated heterocycles. The van der Waals surface area contributed by atoms with E-state index in [2.05, 4.69) is 10.6 Å². The van der Waals surface area contributed by atoms with Crippen LogP contribution in [0.5, 0.6) is 0 Å². The fraction of sp³-hybridized carbons (Fsp3) is 0.962. The maximum absolute atomic E-state index is 13.0. The monoisotopic (exact) mass is 1380 g/mol. The molecule has 8 heterocycles. The highest BCUT2D eigenvalue weighted by Gasteiger charge is 2.59. The van der Waals surface area contributed by atoms with Gasteiger partial charge in [-0.2, -0.15) is 0 Å². The minimum Gasteiger partial charge on any atom is -0.394 e. The van der Waals surface area contributed by atoms with Crippen molar-refractivity contribution in [3.8, 4) is 0 Å². The molecule has 8 aliphatic rings. The largest absolute Gasteiger partial charge is 0.394 e. The van der Waals surface area contributed by atoms with Gasteiger partial charge in [0.15, 0.2) is 50.3 Å². The molecule has 0 unspecified atom stereocenters. The molecule has 0 saturated carbocycles. The number of nitrogens with one attached hydrogen (secondary N) is 2. The van der Waals surface area contributed by atoms with Gasteiger partial charge in [0.1, 0.15) is 189 Å². The molecular formula is C52H88N2O40. The normalized spacial score (nSPS) is 51.2. The van der Waals surface area contributed by atoms with Crippen LogP contribution < -0.4 is 10.6 Å². The second-order valence-electron chi connectivity index (χ2n) is 23.9. The zero-order chi connectivity index (χ0) is 69.2. The van der Waals surface area contributed by atoms with E-state index >= 15 is 0 Å². The number of aliphatic hydroxyl groups is 23. The molecule has 546 valence electrons. The van der Waals surface area contributed by atoms with Crippen LogP contribution in [0.15, 0.2) is 0 Å². The molecule has 0 aliphatic carbocycles. The minimum absolute atomic E-state index is 0.814. The van der Waals surface area contributed by atoms with E-state index in [1.807, 2.05) is 0 Å². The van der Waals surface area contributed by atoms with Crippen molar-refractivity contribution >= 4 is 11.8 Å². The molecule has 8 rings (SSSR count). The maximum atomic E-state index is 13.0. The van der Waals surface area contributed by atoms with E-state index in [1.54, 1.807) is 0 Å². The number of rotatable bonds is 23. The van der Waals surface area contributed by atoms with Crippen molar-refractivity contribution in [2.45, 2.75) is 266 Å². The van der Waals surface area contributed by atoms with E-state index in [9.17, 15) is 127 Å². The molecular weight excluding hydrogens is 1290 g/mol. The number of hydrogen-bond donors (Lipinski definition) is 25. The number of aliphatic hydroxyl groups excluding tert-OH is 23. The van der Waals surface area contributed by atoms with E-state index in [0.717, 1.165) is 13.8 Å². The number of carbonyl (C=O) groups excluding carboxylic acids is 2. The number of amides is 2. The van der Waals surface area contributed by atoms with Crippen LogP contribution in [0, 0.1) is 0 Å². The van der Waals surface area contributed by atoms with Gasteiger partial charge in [-0.15, -0.1) is 0 Å². The zero-order valence-electron chi connectivity index (χ0n) is 50.3. The summed E-state index contributed by atoms with van der Waals surface area (Å²) in [4.78, 5) is 25.5. The molecule has 42 heteroatoms. The third kappa shape index (κ3) is 16.6. The fourth-order valence-electron chi connectivity index (χ4n) is 12.0. The Kier molecular flexibility index (Phi) is 27.3. The molecule has 0 spiro atoms. The molecule has 0 radical (unpaired) electrons. The molecule has 8 aliphatic heterocycles. The van der Waals surface area contributed by atoms with Crippen molar-refractivity contribution in [1.82, 2.24) is 10.6 Å². The lowest BCUT2D eigenvalue weighted by Crippen LogP contribution is -2.71. The zero-order valence-corrected chi connectivity index (χ0v) is 50.3. The fourth-order valence-corrected chi connectivity index (χ4v) is 12.0. The smallest absolute Gasteiger partial charge is 0.217 e. The molecule has 42 nitrogen and oxygen atoms in total. The van der Waals surface area contributed by atoms with E-state index in [0.29, 0.717) is 0 Å². The standard InChI is InChI=1S/C52H88N2O40/c1-11-23(62)30(69)35(74)49(82-11)92-42-22(54-13(3)61)45(79)83-18(8-59)41(42)91-46-21(53-12(2)60)29(68)40(17(7-58)87-46)90-52-39(78)44(94-51-37(76)33(72)26(65)16(6-57)86-51)28(67)20(89-52)10-81-48-38(77)43(93-50-36(75)32(71)25(64)15(5-56)85-50)27(66)19(88-48)9-80-47-34(73)31(70)24(63)14(4-55)84-47/h11,14-52,55-59,62-79H,4-10H2,1-3H3,(H,53,60)(H,54,61)/t11-,14-,15-,16-,17-,18-,19-,20-,21-,22-,23+,24-,25-,26-,27-,28-,29-,30+,31+,32+,33+,34+,35-,36+,37+,38+,39+,40-,41-,42-,43+,44+,45-,46+,47+,48+,49-,50-,51-,52+/m1/s1. The summed E-state index contributed by atoms with van der Waals surface area (Å²) in [6.07, 6.45) is -75.3. The first kappa shape index (κ1) is 77.2. The predicted molar refractivity (Wildman–Crippen MR) is 286 cm³/mol. The van der Waals surface area contributed by atoms with Gasteiger partial charge in [-0.3, -0.25) is 9.59 Å². The second kappa shape index (κ2) is 33.3. The van der Waals surface area contributed by atoms with Gasteiger partial charge in [-0.25, -0.2) is 0 Å². The second-order valence-corrected chi connectivity index (χ2v) is 23.9. The van der Waals surface area contributed by atoms with Gasteiger partial charge in [-0.1, -0.05) is 0 Å². The number of carbonyl (C=O) groups is 2. The summed E-state index contributed by atoms with van der Waals surface area (Å²) >= 11 is 0. The molecule has 0 bridgehead atoms. The molecule has 8 fully saturated rings. The summed E-state index contributed by atoms with van der Waals surface area (Å²) in [6, 6.07) is -3.60. The van der Waals surface area contributed by atoms with Gasteiger partial charge in [0.2, 0.25) is 11.8 Å². The van der Waals surface area contributed by atoms with Gasteiger partial charge in [0.25, 0.3) is 0 Å². The topological polar surface area (TPSA) is 662 Å². The van der Waals surface area contributed by atoms with Crippen LogP contribution in [-0.2, 0) is 80.6 Å². The summed E-state index contributed by atoms with van der Waals surface area (Å²) in [6.45, 7) is -3.83. The lowest BCUT2D eigenvalue weighted by atomic mass is 9.93. The Labute approximate surface area is 532 Å². The first-order valence-corrected chi connectivity index (χ1v) is 30.0. The van der Waals surface area contributed by atoms with Crippen LogP contribution in [0.25, 0.3) is 0 Å². The highest BCUT2D eigenvalue weighted by molar-refractivity contribution is 5.73. The average Bonchev–Trinajstić information content (AvgIpc) is 0.774. The third-order valence-corrected chi connectivity index (χ3v) is 17.4. The molecule has 94 heavy (non-hydrogen) atoms. The summed E-state index contributed by atoms with van der Waals surface area (Å²) in [7, 11) is 0. The SMILES string of the molecule is CC(=O)N[C@@H]1[C@@H](O[C@H]2O[C@H](C)[C@H](O)[C@H](O)[C@H]2O)[C@H](O[C@@H]2O[C@H](CO)[C@@H](O[C@@H]3O[C@H](CO[C@H]4O[C@H](CO[C@H]5O[C@H](CO)[C@@H](O)[C@H](O)[C@@H]5O)[C@@H](O)[C@H](O[C@H]5O[C@H](CO)[C@@H](O)[C@H](O)[C@@H]5O)[C@@H]4O)[C@@H](O)[C@H](O[C@H]4O[C@H](CO)[C@@H](O)[C@H](O)[C@@H]4O)[C@@H]3O)[C@H](O)[C@H]2NC(C)=O)[C@@H](CO)O[C@H]1O. The highest BCUT2D eigenvalue weighted by Crippen LogP contribution is 2.38. The average molecular weight is 1380 g/mol. The van der Waals surface area contributed by atoms with E-state index in [-0.39, 0.29) is 0 Å². The summed E-state index contributed by atoms with van der Waals surface area (Å²) in [5.41, 5.74) is 0. The van der Waals surface area contributed by atoms with Crippen molar-refractivity contribution in [3.05, 3.63) is 0 Å². The summed E-state index contributed by atoms with van der Waals surface area (Å²) in [5, 5.41) is 255. The lowest BCUT2D eigenvalue weighted by Gasteiger charge is -2.51.